The molecule has 1 N–H and O–H groups in total. The van der Waals surface area contributed by atoms with Crippen LogP contribution in [0.5, 0.6) is 0 Å². The number of carbonyl (C=O) groups is 1. The number of nitrogens with one attached hydrogen (secondary N) is 1. The Morgan fingerprint density at radius 2 is 2.00 bits per heavy atom. The molecular formula is C13H19N3O. The molecule has 0 unspecified atom stereocenters. The molecule has 0 radical (unpaired) electrons. The van der Waals surface area contributed by atoms with Crippen molar-refractivity contribution < 1.29 is 4.79 Å². The fraction of sp³-hybridized carbons (Fsp3) is 0.692. The standard InChI is InChI=1S/C13H19N3O/c1-15-12-4-6-16(7-5-12)13(17)11(9-14)8-10-2-3-10/h8,10,12,15H,2-7H2,1H3. The van der Waals surface area contributed by atoms with Crippen molar-refractivity contribution in [1.82, 2.24) is 10.2 Å². The highest BCUT2D eigenvalue weighted by molar-refractivity contribution is 5.97. The summed E-state index contributed by atoms with van der Waals surface area (Å²) in [5.74, 6) is 0.400. The molecule has 2 aliphatic rings. The van der Waals surface area contributed by atoms with Crippen LogP contribution >= 0.6 is 0 Å². The van der Waals surface area contributed by atoms with Crippen molar-refractivity contribution in [1.29, 1.82) is 5.26 Å². The van der Waals surface area contributed by atoms with Gasteiger partial charge in [0.25, 0.3) is 5.91 Å². The van der Waals surface area contributed by atoms with Crippen LogP contribution in [0.2, 0.25) is 0 Å². The van der Waals surface area contributed by atoms with Gasteiger partial charge in [0, 0.05) is 19.1 Å². The SMILES string of the molecule is CNC1CCN(C(=O)C(C#N)=CC2CC2)CC1. The van der Waals surface area contributed by atoms with Gasteiger partial charge in [0.15, 0.2) is 0 Å². The van der Waals surface area contributed by atoms with E-state index in [4.69, 9.17) is 5.26 Å². The first-order valence-electron chi connectivity index (χ1n) is 6.33. The molecule has 4 nitrogen and oxygen atoms in total. The quantitative estimate of drug-likeness (QED) is 0.585. The zero-order chi connectivity index (χ0) is 12.3. The first-order valence-corrected chi connectivity index (χ1v) is 6.33. The van der Waals surface area contributed by atoms with E-state index in [1.54, 1.807) is 0 Å². The lowest BCUT2D eigenvalue weighted by atomic mass is 10.0. The summed E-state index contributed by atoms with van der Waals surface area (Å²) in [7, 11) is 1.95. The summed E-state index contributed by atoms with van der Waals surface area (Å²) >= 11 is 0. The number of nitrogens with zero attached hydrogens (tertiary/aromatic N) is 2. The Morgan fingerprint density at radius 1 is 1.35 bits per heavy atom. The third kappa shape index (κ3) is 3.07. The van der Waals surface area contributed by atoms with Crippen molar-refractivity contribution in [2.45, 2.75) is 31.7 Å². The highest BCUT2D eigenvalue weighted by atomic mass is 16.2. The summed E-state index contributed by atoms with van der Waals surface area (Å²) in [4.78, 5) is 13.9. The van der Waals surface area contributed by atoms with Crippen molar-refractivity contribution in [3.05, 3.63) is 11.6 Å². The molecule has 0 bridgehead atoms. The number of likely N-dealkylation sites (tertiary alicyclic amines) is 1. The lowest BCUT2D eigenvalue weighted by Crippen LogP contribution is -2.44. The highest BCUT2D eigenvalue weighted by Crippen LogP contribution is 2.31. The van der Waals surface area contributed by atoms with E-state index in [1.165, 1.54) is 0 Å². The number of hydrogen-bond donors (Lipinski definition) is 1. The Hall–Kier alpha value is -1.34. The van der Waals surface area contributed by atoms with Crippen LogP contribution in [0.15, 0.2) is 11.6 Å². The summed E-state index contributed by atoms with van der Waals surface area (Å²) in [6, 6.07) is 2.56. The van der Waals surface area contributed by atoms with Gasteiger partial charge in [-0.2, -0.15) is 5.26 Å². The minimum Gasteiger partial charge on any atom is -0.338 e. The predicted octanol–water partition coefficient (Wildman–Crippen LogP) is 1.06. The minimum atomic E-state index is -0.0750. The van der Waals surface area contributed by atoms with Crippen molar-refractivity contribution in [3.8, 4) is 6.07 Å². The number of amides is 1. The molecule has 1 saturated heterocycles. The molecule has 92 valence electrons. The summed E-state index contributed by atoms with van der Waals surface area (Å²) < 4.78 is 0. The zero-order valence-electron chi connectivity index (χ0n) is 10.3. The van der Waals surface area contributed by atoms with Gasteiger partial charge >= 0.3 is 0 Å². The molecule has 2 rings (SSSR count). The fourth-order valence-electron chi connectivity index (χ4n) is 2.20. The van der Waals surface area contributed by atoms with Crippen LogP contribution in [0.1, 0.15) is 25.7 Å². The average Bonchev–Trinajstić information content (AvgIpc) is 3.19. The van der Waals surface area contributed by atoms with Crippen molar-refractivity contribution in [3.63, 3.8) is 0 Å². The summed E-state index contributed by atoms with van der Waals surface area (Å²) in [5, 5.41) is 12.3. The van der Waals surface area contributed by atoms with Gasteiger partial charge in [-0.3, -0.25) is 4.79 Å². The van der Waals surface area contributed by atoms with Crippen LogP contribution in [-0.4, -0.2) is 37.0 Å². The van der Waals surface area contributed by atoms with Crippen molar-refractivity contribution in [2.75, 3.05) is 20.1 Å². The van der Waals surface area contributed by atoms with E-state index >= 15 is 0 Å². The molecule has 0 aromatic rings. The zero-order valence-corrected chi connectivity index (χ0v) is 10.3. The Morgan fingerprint density at radius 3 is 2.47 bits per heavy atom. The van der Waals surface area contributed by atoms with Crippen LogP contribution < -0.4 is 5.32 Å². The molecule has 0 aromatic heterocycles. The van der Waals surface area contributed by atoms with Crippen LogP contribution in [-0.2, 0) is 4.79 Å². The van der Waals surface area contributed by atoms with E-state index in [0.717, 1.165) is 38.8 Å². The second kappa shape index (κ2) is 5.33. The average molecular weight is 233 g/mol. The maximum atomic E-state index is 12.1. The van der Waals surface area contributed by atoms with Crippen molar-refractivity contribution in [2.24, 2.45) is 5.92 Å². The third-order valence-electron chi connectivity index (χ3n) is 3.57. The molecule has 4 heteroatoms. The molecule has 0 atom stereocenters. The van der Waals surface area contributed by atoms with Gasteiger partial charge in [-0.1, -0.05) is 6.08 Å². The first-order chi connectivity index (χ1) is 8.24. The third-order valence-corrected chi connectivity index (χ3v) is 3.57. The molecule has 17 heavy (non-hydrogen) atoms. The summed E-state index contributed by atoms with van der Waals surface area (Å²) in [6.07, 6.45) is 6.06. The maximum Gasteiger partial charge on any atom is 0.264 e. The lowest BCUT2D eigenvalue weighted by molar-refractivity contribution is -0.127. The fourth-order valence-corrected chi connectivity index (χ4v) is 2.20. The molecule has 1 aliphatic heterocycles. The number of rotatable bonds is 3. The molecule has 1 heterocycles. The van der Waals surface area contributed by atoms with Gasteiger partial charge in [0.1, 0.15) is 11.6 Å². The van der Waals surface area contributed by atoms with E-state index in [1.807, 2.05) is 24.1 Å². The van der Waals surface area contributed by atoms with Gasteiger partial charge in [0.2, 0.25) is 0 Å². The Balaban J connectivity index is 1.93. The van der Waals surface area contributed by atoms with Crippen LogP contribution in [0.4, 0.5) is 0 Å². The smallest absolute Gasteiger partial charge is 0.264 e. The normalized spacial score (nSPS) is 22.4. The Labute approximate surface area is 102 Å². The highest BCUT2D eigenvalue weighted by Gasteiger charge is 2.26. The van der Waals surface area contributed by atoms with Crippen LogP contribution in [0.25, 0.3) is 0 Å². The maximum absolute atomic E-state index is 12.1. The molecule has 1 saturated carbocycles. The number of piperidine rings is 1. The van der Waals surface area contributed by atoms with E-state index in [-0.39, 0.29) is 5.91 Å². The number of carbonyl (C=O) groups excluding carboxylic acids is 1. The monoisotopic (exact) mass is 233 g/mol. The molecular weight excluding hydrogens is 214 g/mol. The van der Waals surface area contributed by atoms with Gasteiger partial charge in [0.05, 0.1) is 0 Å². The first kappa shape index (κ1) is 12.1. The molecule has 1 amide bonds. The predicted molar refractivity (Wildman–Crippen MR) is 65.1 cm³/mol. The van der Waals surface area contributed by atoms with E-state index in [9.17, 15) is 4.79 Å². The van der Waals surface area contributed by atoms with Crippen LogP contribution in [0, 0.1) is 17.2 Å². The molecule has 0 aromatic carbocycles. The lowest BCUT2D eigenvalue weighted by Gasteiger charge is -2.31. The largest absolute Gasteiger partial charge is 0.338 e. The van der Waals surface area contributed by atoms with Crippen molar-refractivity contribution >= 4 is 5.91 Å². The van der Waals surface area contributed by atoms with Gasteiger partial charge in [-0.15, -0.1) is 0 Å². The number of hydrogen-bond acceptors (Lipinski definition) is 3. The van der Waals surface area contributed by atoms with Gasteiger partial charge < -0.3 is 10.2 Å². The number of nitriles is 1. The Kier molecular flexibility index (Phi) is 3.80. The van der Waals surface area contributed by atoms with E-state index < -0.39 is 0 Å². The van der Waals surface area contributed by atoms with Gasteiger partial charge in [-0.05, 0) is 38.6 Å². The topological polar surface area (TPSA) is 56.1 Å². The molecule has 0 spiro atoms. The Bertz CT molecular complexity index is 357. The van der Waals surface area contributed by atoms with Crippen LogP contribution in [0.3, 0.4) is 0 Å². The molecule has 1 aliphatic carbocycles. The number of allylic oxidation sites excluding steroid dienone is 1. The summed E-state index contributed by atoms with van der Waals surface area (Å²) in [5.41, 5.74) is 0.343. The molecule has 2 fully saturated rings. The summed E-state index contributed by atoms with van der Waals surface area (Å²) in [6.45, 7) is 1.52. The minimum absolute atomic E-state index is 0.0750. The van der Waals surface area contributed by atoms with Gasteiger partial charge in [-0.25, -0.2) is 0 Å². The van der Waals surface area contributed by atoms with E-state index in [2.05, 4.69) is 5.32 Å². The second-order valence-electron chi connectivity index (χ2n) is 4.88. The van der Waals surface area contributed by atoms with E-state index in [0.29, 0.717) is 17.5 Å². The second-order valence-corrected chi connectivity index (χ2v) is 4.88.